The summed E-state index contributed by atoms with van der Waals surface area (Å²) in [5, 5.41) is 3.05. The molecule has 7 heteroatoms. The van der Waals surface area contributed by atoms with E-state index in [0.717, 1.165) is 11.1 Å². The Hall–Kier alpha value is -2.22. The molecule has 1 amide bonds. The maximum absolute atomic E-state index is 12.7. The number of nitrogens with one attached hydrogen (secondary N) is 1. The largest absolute Gasteiger partial charge is 0.348 e. The first-order valence-electron chi connectivity index (χ1n) is 10.4. The third-order valence-corrected chi connectivity index (χ3v) is 7.54. The first-order chi connectivity index (χ1) is 14.2. The van der Waals surface area contributed by atoms with Gasteiger partial charge in [0.15, 0.2) is 0 Å². The molecule has 30 heavy (non-hydrogen) atoms. The zero-order chi connectivity index (χ0) is 21.7. The Kier molecular flexibility index (Phi) is 7.28. The Morgan fingerprint density at radius 3 is 2.30 bits per heavy atom. The van der Waals surface area contributed by atoms with Crippen LogP contribution in [0.3, 0.4) is 0 Å². The maximum atomic E-state index is 12.7. The summed E-state index contributed by atoms with van der Waals surface area (Å²) in [5.41, 5.74) is 4.32. The van der Waals surface area contributed by atoms with Crippen molar-refractivity contribution in [2.24, 2.45) is 0 Å². The number of carbonyl (C=O) groups is 1. The number of rotatable bonds is 7. The summed E-state index contributed by atoms with van der Waals surface area (Å²) in [6.45, 7) is 8.34. The summed E-state index contributed by atoms with van der Waals surface area (Å²) in [6.07, 6.45) is 0. The zero-order valence-electron chi connectivity index (χ0n) is 18.0. The lowest BCUT2D eigenvalue weighted by Crippen LogP contribution is -2.51. The van der Waals surface area contributed by atoms with Gasteiger partial charge in [0, 0.05) is 26.2 Å². The minimum atomic E-state index is -3.34. The molecule has 0 saturated carbocycles. The first-order valence-corrected chi connectivity index (χ1v) is 12.0. The summed E-state index contributed by atoms with van der Waals surface area (Å²) in [7, 11) is -3.34. The molecule has 0 bridgehead atoms. The van der Waals surface area contributed by atoms with Crippen molar-refractivity contribution in [1.29, 1.82) is 0 Å². The summed E-state index contributed by atoms with van der Waals surface area (Å²) in [4.78, 5) is 14.5. The molecule has 1 fully saturated rings. The monoisotopic (exact) mass is 429 g/mol. The van der Waals surface area contributed by atoms with Crippen LogP contribution in [0.15, 0.2) is 48.5 Å². The predicted molar refractivity (Wildman–Crippen MR) is 120 cm³/mol. The van der Waals surface area contributed by atoms with Gasteiger partial charge in [-0.25, -0.2) is 8.42 Å². The minimum absolute atomic E-state index is 0.0157. The fourth-order valence-electron chi connectivity index (χ4n) is 3.65. The van der Waals surface area contributed by atoms with Crippen molar-refractivity contribution in [3.63, 3.8) is 0 Å². The molecule has 0 aromatic heterocycles. The topological polar surface area (TPSA) is 69.7 Å². The highest BCUT2D eigenvalue weighted by atomic mass is 32.2. The number of carbonyl (C=O) groups excluding carboxylic acids is 1. The average Bonchev–Trinajstić information content (AvgIpc) is 2.70. The molecular weight excluding hydrogens is 398 g/mol. The van der Waals surface area contributed by atoms with Gasteiger partial charge in [0.2, 0.25) is 15.9 Å². The molecule has 0 unspecified atom stereocenters. The van der Waals surface area contributed by atoms with Crippen molar-refractivity contribution in [3.8, 4) is 0 Å². The lowest BCUT2D eigenvalue weighted by Gasteiger charge is -2.33. The third-order valence-electron chi connectivity index (χ3n) is 5.69. The maximum Gasteiger partial charge on any atom is 0.234 e. The number of sulfonamides is 1. The Labute approximate surface area is 179 Å². The molecule has 1 aliphatic heterocycles. The van der Waals surface area contributed by atoms with Gasteiger partial charge < -0.3 is 5.32 Å². The van der Waals surface area contributed by atoms with Gasteiger partial charge in [-0.15, -0.1) is 0 Å². The summed E-state index contributed by atoms with van der Waals surface area (Å²) < 4.78 is 26.9. The van der Waals surface area contributed by atoms with E-state index in [2.05, 4.69) is 31.3 Å². The van der Waals surface area contributed by atoms with Crippen LogP contribution >= 0.6 is 0 Å². The van der Waals surface area contributed by atoms with Crippen molar-refractivity contribution in [3.05, 3.63) is 70.8 Å². The van der Waals surface area contributed by atoms with E-state index in [1.165, 1.54) is 15.4 Å². The van der Waals surface area contributed by atoms with Crippen molar-refractivity contribution < 1.29 is 13.2 Å². The van der Waals surface area contributed by atoms with Crippen LogP contribution < -0.4 is 5.32 Å². The number of nitrogens with zero attached hydrogens (tertiary/aromatic N) is 2. The molecule has 1 aliphatic rings. The van der Waals surface area contributed by atoms with Gasteiger partial charge in [0.25, 0.3) is 0 Å². The van der Waals surface area contributed by atoms with Crippen molar-refractivity contribution >= 4 is 15.9 Å². The van der Waals surface area contributed by atoms with E-state index in [0.29, 0.717) is 26.2 Å². The number of benzene rings is 2. The highest BCUT2D eigenvalue weighted by Crippen LogP contribution is 2.17. The number of hydrogen-bond acceptors (Lipinski definition) is 4. The van der Waals surface area contributed by atoms with Crippen LogP contribution in [0, 0.1) is 13.8 Å². The number of piperazine rings is 1. The van der Waals surface area contributed by atoms with Gasteiger partial charge in [0.05, 0.1) is 18.3 Å². The number of amides is 1. The third kappa shape index (κ3) is 5.90. The van der Waals surface area contributed by atoms with Gasteiger partial charge in [-0.1, -0.05) is 48.5 Å². The van der Waals surface area contributed by atoms with Crippen molar-refractivity contribution in [2.45, 2.75) is 32.6 Å². The molecule has 1 saturated heterocycles. The van der Waals surface area contributed by atoms with Gasteiger partial charge in [0.1, 0.15) is 0 Å². The fraction of sp³-hybridized carbons (Fsp3) is 0.435. The second-order valence-corrected chi connectivity index (χ2v) is 10.0. The fourth-order valence-corrected chi connectivity index (χ4v) is 5.17. The molecule has 0 spiro atoms. The van der Waals surface area contributed by atoms with E-state index in [1.54, 1.807) is 0 Å². The summed E-state index contributed by atoms with van der Waals surface area (Å²) in [6, 6.07) is 15.4. The van der Waals surface area contributed by atoms with Gasteiger partial charge in [-0.3, -0.25) is 9.69 Å². The van der Waals surface area contributed by atoms with Crippen LogP contribution in [0.4, 0.5) is 0 Å². The van der Waals surface area contributed by atoms with Crippen molar-refractivity contribution in [1.82, 2.24) is 14.5 Å². The van der Waals surface area contributed by atoms with Crippen LogP contribution in [0.1, 0.15) is 35.2 Å². The van der Waals surface area contributed by atoms with E-state index in [-0.39, 0.29) is 24.2 Å². The Balaban J connectivity index is 1.48. The normalized spacial score (nSPS) is 16.9. The van der Waals surface area contributed by atoms with Crippen LogP contribution in [-0.4, -0.2) is 56.3 Å². The molecule has 0 aliphatic carbocycles. The van der Waals surface area contributed by atoms with E-state index in [1.807, 2.05) is 48.2 Å². The van der Waals surface area contributed by atoms with Crippen LogP contribution in [0.25, 0.3) is 0 Å². The Morgan fingerprint density at radius 2 is 1.67 bits per heavy atom. The molecule has 3 rings (SSSR count). The highest BCUT2D eigenvalue weighted by molar-refractivity contribution is 7.88. The lowest BCUT2D eigenvalue weighted by atomic mass is 10.0. The molecule has 1 atom stereocenters. The summed E-state index contributed by atoms with van der Waals surface area (Å²) in [5.74, 6) is -0.0248. The second kappa shape index (κ2) is 9.73. The molecule has 6 nitrogen and oxygen atoms in total. The quantitative estimate of drug-likeness (QED) is 0.735. The molecule has 1 N–H and O–H groups in total. The minimum Gasteiger partial charge on any atom is -0.348 e. The number of aryl methyl sites for hydroxylation is 2. The SMILES string of the molecule is Cc1ccc([C@@H](C)NC(=O)CN2CCN(S(=O)(=O)Cc3ccccc3)CC2)cc1C. The highest BCUT2D eigenvalue weighted by Gasteiger charge is 2.28. The van der Waals surface area contributed by atoms with E-state index >= 15 is 0 Å². The first kappa shape index (κ1) is 22.5. The number of hydrogen-bond donors (Lipinski definition) is 1. The zero-order valence-corrected chi connectivity index (χ0v) is 18.8. The van der Waals surface area contributed by atoms with Gasteiger partial charge in [-0.05, 0) is 43.0 Å². The molecule has 0 radical (unpaired) electrons. The van der Waals surface area contributed by atoms with E-state index in [4.69, 9.17) is 0 Å². The van der Waals surface area contributed by atoms with Gasteiger partial charge >= 0.3 is 0 Å². The Bertz CT molecular complexity index is 968. The molecule has 162 valence electrons. The molecule has 2 aromatic rings. The predicted octanol–water partition coefficient (Wildman–Crippen LogP) is 2.63. The Morgan fingerprint density at radius 1 is 1.00 bits per heavy atom. The lowest BCUT2D eigenvalue weighted by molar-refractivity contribution is -0.123. The van der Waals surface area contributed by atoms with E-state index in [9.17, 15) is 13.2 Å². The van der Waals surface area contributed by atoms with Gasteiger partial charge in [-0.2, -0.15) is 4.31 Å². The smallest absolute Gasteiger partial charge is 0.234 e. The molecule has 2 aromatic carbocycles. The standard InChI is InChI=1S/C23H31N3O3S/c1-18-9-10-22(15-19(18)2)20(3)24-23(27)16-25-11-13-26(14-12-25)30(28,29)17-21-7-5-4-6-8-21/h4-10,15,20H,11-14,16-17H2,1-3H3,(H,24,27)/t20-/m1/s1. The van der Waals surface area contributed by atoms with E-state index < -0.39 is 10.0 Å². The summed E-state index contributed by atoms with van der Waals surface area (Å²) >= 11 is 0. The second-order valence-electron chi connectivity index (χ2n) is 8.05. The molecular formula is C23H31N3O3S. The van der Waals surface area contributed by atoms with Crippen LogP contribution in [-0.2, 0) is 20.6 Å². The molecule has 1 heterocycles. The van der Waals surface area contributed by atoms with Crippen LogP contribution in [0.2, 0.25) is 0 Å². The van der Waals surface area contributed by atoms with Crippen molar-refractivity contribution in [2.75, 3.05) is 32.7 Å². The average molecular weight is 430 g/mol. The van der Waals surface area contributed by atoms with Crippen LogP contribution in [0.5, 0.6) is 0 Å².